The molecule has 2 fully saturated rings. The van der Waals surface area contributed by atoms with Crippen LogP contribution in [-0.2, 0) is 20.0 Å². The highest BCUT2D eigenvalue weighted by Crippen LogP contribution is 2.25. The number of hydrogen-bond donors (Lipinski definition) is 2. The van der Waals surface area contributed by atoms with Crippen molar-refractivity contribution in [3.63, 3.8) is 0 Å². The number of nitrogens with one attached hydrogen (secondary N) is 2. The summed E-state index contributed by atoms with van der Waals surface area (Å²) in [5.41, 5.74) is 0. The highest BCUT2D eigenvalue weighted by atomic mass is 35.5. The zero-order valence-electron chi connectivity index (χ0n) is 14.7. The summed E-state index contributed by atoms with van der Waals surface area (Å²) in [6.07, 6.45) is 3.38. The SMILES string of the molecule is CNCC1CCN(S(=O)(=O)c2ccc(S(=O)(=O)NC3CC3)cc2)CC1.Cl. The average Bonchev–Trinajstić information content (AvgIpc) is 3.39. The molecule has 2 aliphatic rings. The summed E-state index contributed by atoms with van der Waals surface area (Å²) in [6.45, 7) is 1.89. The number of nitrogens with zero attached hydrogens (tertiary/aromatic N) is 1. The molecule has 148 valence electrons. The Morgan fingerprint density at radius 1 is 0.962 bits per heavy atom. The predicted molar refractivity (Wildman–Crippen MR) is 102 cm³/mol. The van der Waals surface area contributed by atoms with Crippen molar-refractivity contribution in [1.29, 1.82) is 0 Å². The van der Waals surface area contributed by atoms with Crippen LogP contribution in [0.4, 0.5) is 0 Å². The van der Waals surface area contributed by atoms with Crippen LogP contribution in [0.15, 0.2) is 34.1 Å². The van der Waals surface area contributed by atoms with Crippen LogP contribution in [0.2, 0.25) is 0 Å². The predicted octanol–water partition coefficient (Wildman–Crippen LogP) is 1.17. The van der Waals surface area contributed by atoms with Crippen molar-refractivity contribution in [1.82, 2.24) is 14.3 Å². The quantitative estimate of drug-likeness (QED) is 0.686. The van der Waals surface area contributed by atoms with Gasteiger partial charge in [-0.3, -0.25) is 0 Å². The molecule has 0 atom stereocenters. The molecule has 1 heterocycles. The lowest BCUT2D eigenvalue weighted by molar-refractivity contribution is 0.270. The van der Waals surface area contributed by atoms with Crippen molar-refractivity contribution < 1.29 is 16.8 Å². The number of sulfonamides is 2. The van der Waals surface area contributed by atoms with E-state index >= 15 is 0 Å². The molecule has 0 spiro atoms. The van der Waals surface area contributed by atoms with Gasteiger partial charge in [-0.05, 0) is 69.5 Å². The zero-order chi connectivity index (χ0) is 18.1. The van der Waals surface area contributed by atoms with Crippen molar-refractivity contribution in [3.8, 4) is 0 Å². The Hall–Kier alpha value is -0.710. The first-order valence-corrected chi connectivity index (χ1v) is 11.5. The lowest BCUT2D eigenvalue weighted by Gasteiger charge is -2.31. The highest BCUT2D eigenvalue weighted by Gasteiger charge is 2.30. The third kappa shape index (κ3) is 4.96. The van der Waals surface area contributed by atoms with E-state index in [2.05, 4.69) is 10.0 Å². The molecule has 0 bridgehead atoms. The summed E-state index contributed by atoms with van der Waals surface area (Å²) < 4.78 is 53.9. The molecule has 0 amide bonds. The lowest BCUT2D eigenvalue weighted by Crippen LogP contribution is -2.40. The summed E-state index contributed by atoms with van der Waals surface area (Å²) in [7, 11) is -5.24. The maximum atomic E-state index is 12.7. The zero-order valence-corrected chi connectivity index (χ0v) is 17.2. The van der Waals surface area contributed by atoms with Crippen LogP contribution in [0.5, 0.6) is 0 Å². The monoisotopic (exact) mass is 423 g/mol. The molecule has 3 rings (SSSR count). The van der Waals surface area contributed by atoms with Gasteiger partial charge in [-0.2, -0.15) is 4.31 Å². The maximum Gasteiger partial charge on any atom is 0.243 e. The normalized spacial score (nSPS) is 19.9. The van der Waals surface area contributed by atoms with Crippen LogP contribution >= 0.6 is 12.4 Å². The van der Waals surface area contributed by atoms with E-state index in [1.807, 2.05) is 7.05 Å². The molecule has 1 aromatic carbocycles. The minimum Gasteiger partial charge on any atom is -0.319 e. The Labute approximate surface area is 162 Å². The van der Waals surface area contributed by atoms with Crippen LogP contribution < -0.4 is 10.0 Å². The molecule has 26 heavy (non-hydrogen) atoms. The van der Waals surface area contributed by atoms with Crippen molar-refractivity contribution in [2.24, 2.45) is 5.92 Å². The Bertz CT molecular complexity index is 800. The van der Waals surface area contributed by atoms with E-state index in [0.717, 1.165) is 32.2 Å². The Morgan fingerprint density at radius 2 is 1.50 bits per heavy atom. The van der Waals surface area contributed by atoms with Gasteiger partial charge in [-0.15, -0.1) is 12.4 Å². The molecule has 1 saturated carbocycles. The summed E-state index contributed by atoms with van der Waals surface area (Å²) in [5.74, 6) is 0.498. The van der Waals surface area contributed by atoms with Crippen molar-refractivity contribution in [2.45, 2.75) is 41.5 Å². The Kier molecular flexibility index (Phi) is 7.09. The van der Waals surface area contributed by atoms with E-state index < -0.39 is 20.0 Å². The van der Waals surface area contributed by atoms with E-state index in [9.17, 15) is 16.8 Å². The molecular weight excluding hydrogens is 398 g/mol. The fourth-order valence-corrected chi connectivity index (χ4v) is 5.85. The summed E-state index contributed by atoms with van der Waals surface area (Å²) in [6, 6.07) is 5.52. The highest BCUT2D eigenvalue weighted by molar-refractivity contribution is 7.89. The van der Waals surface area contributed by atoms with Crippen LogP contribution in [0.3, 0.4) is 0 Å². The van der Waals surface area contributed by atoms with E-state index in [1.54, 1.807) is 0 Å². The van der Waals surface area contributed by atoms with Gasteiger partial charge in [-0.1, -0.05) is 0 Å². The molecule has 10 heteroatoms. The number of rotatable bonds is 7. The number of piperidine rings is 1. The lowest BCUT2D eigenvalue weighted by atomic mass is 9.98. The van der Waals surface area contributed by atoms with Gasteiger partial charge < -0.3 is 5.32 Å². The van der Waals surface area contributed by atoms with Gasteiger partial charge in [0.15, 0.2) is 0 Å². The van der Waals surface area contributed by atoms with Crippen LogP contribution in [0, 0.1) is 5.92 Å². The van der Waals surface area contributed by atoms with Crippen LogP contribution in [0.25, 0.3) is 0 Å². The van der Waals surface area contributed by atoms with Crippen molar-refractivity contribution >= 4 is 32.5 Å². The van der Waals surface area contributed by atoms with Gasteiger partial charge in [0, 0.05) is 19.1 Å². The molecule has 0 radical (unpaired) electrons. The van der Waals surface area contributed by atoms with Gasteiger partial charge >= 0.3 is 0 Å². The van der Waals surface area contributed by atoms with Gasteiger partial charge in [0.05, 0.1) is 9.79 Å². The second-order valence-electron chi connectivity index (χ2n) is 6.77. The molecule has 1 aromatic rings. The van der Waals surface area contributed by atoms with Gasteiger partial charge in [0.2, 0.25) is 20.0 Å². The fourth-order valence-electron chi connectivity index (χ4n) is 3.07. The molecular formula is C16H26ClN3O4S2. The maximum absolute atomic E-state index is 12.7. The first-order chi connectivity index (χ1) is 11.8. The molecule has 0 aromatic heterocycles. The molecule has 1 saturated heterocycles. The molecule has 1 aliphatic carbocycles. The van der Waals surface area contributed by atoms with Crippen molar-refractivity contribution in [3.05, 3.63) is 24.3 Å². The number of benzene rings is 1. The van der Waals surface area contributed by atoms with E-state index in [4.69, 9.17) is 0 Å². The second kappa shape index (κ2) is 8.53. The van der Waals surface area contributed by atoms with Crippen LogP contribution in [0.1, 0.15) is 25.7 Å². The van der Waals surface area contributed by atoms with Gasteiger partial charge in [0.1, 0.15) is 0 Å². The van der Waals surface area contributed by atoms with Gasteiger partial charge in [0.25, 0.3) is 0 Å². The van der Waals surface area contributed by atoms with Crippen molar-refractivity contribution in [2.75, 3.05) is 26.7 Å². The summed E-state index contributed by atoms with van der Waals surface area (Å²) in [5, 5.41) is 3.13. The third-order valence-electron chi connectivity index (χ3n) is 4.74. The van der Waals surface area contributed by atoms with E-state index in [0.29, 0.717) is 19.0 Å². The summed E-state index contributed by atoms with van der Waals surface area (Å²) in [4.78, 5) is 0.246. The first-order valence-electron chi connectivity index (χ1n) is 8.60. The number of hydrogen-bond acceptors (Lipinski definition) is 5. The molecule has 7 nitrogen and oxygen atoms in total. The van der Waals surface area contributed by atoms with Crippen LogP contribution in [-0.4, -0.2) is 53.9 Å². The minimum absolute atomic E-state index is 0. The third-order valence-corrected chi connectivity index (χ3v) is 8.19. The number of halogens is 1. The average molecular weight is 424 g/mol. The largest absolute Gasteiger partial charge is 0.319 e. The second-order valence-corrected chi connectivity index (χ2v) is 10.4. The molecule has 1 aliphatic heterocycles. The Balaban J connectivity index is 0.00000243. The first kappa shape index (κ1) is 21.6. The van der Waals surface area contributed by atoms with E-state index in [-0.39, 0.29) is 28.2 Å². The topological polar surface area (TPSA) is 95.6 Å². The fraction of sp³-hybridized carbons (Fsp3) is 0.625. The molecule has 2 N–H and O–H groups in total. The molecule has 0 unspecified atom stereocenters. The van der Waals surface area contributed by atoms with E-state index in [1.165, 1.54) is 28.6 Å². The van der Waals surface area contributed by atoms with Gasteiger partial charge in [-0.25, -0.2) is 21.6 Å². The smallest absolute Gasteiger partial charge is 0.243 e. The minimum atomic E-state index is -3.58. The standard InChI is InChI=1S/C16H25N3O4S2.ClH/c1-17-12-13-8-10-19(11-9-13)25(22,23)16-6-4-15(5-7-16)24(20,21)18-14-2-3-14;/h4-7,13-14,17-18H,2-3,8-12H2,1H3;1H. The Morgan fingerprint density at radius 3 is 2.00 bits per heavy atom. The summed E-state index contributed by atoms with van der Waals surface area (Å²) >= 11 is 0.